The summed E-state index contributed by atoms with van der Waals surface area (Å²) < 4.78 is 5.94. The number of carbonyl (C=O) groups is 1. The normalized spacial score (nSPS) is 10.7. The van der Waals surface area contributed by atoms with Crippen molar-refractivity contribution in [2.75, 3.05) is 5.32 Å². The number of phenols is 1. The summed E-state index contributed by atoms with van der Waals surface area (Å²) >= 11 is 0. The number of anilines is 1. The number of phenolic OH excluding ortho intramolecular Hbond substituents is 1. The molecule has 0 saturated carbocycles. The largest absolute Gasteiger partial charge is 0.506 e. The number of aromatic hydroxyl groups is 1. The van der Waals surface area contributed by atoms with Gasteiger partial charge in [-0.15, -0.1) is 0 Å². The lowest BCUT2D eigenvalue weighted by atomic mass is 10.1. The van der Waals surface area contributed by atoms with Crippen molar-refractivity contribution in [2.24, 2.45) is 0 Å². The molecule has 29 heavy (non-hydrogen) atoms. The van der Waals surface area contributed by atoms with Crippen molar-refractivity contribution >= 4 is 11.6 Å². The Morgan fingerprint density at radius 1 is 0.966 bits per heavy atom. The van der Waals surface area contributed by atoms with Gasteiger partial charge in [-0.2, -0.15) is 0 Å². The number of amides is 1. The first-order chi connectivity index (χ1) is 14.0. The Morgan fingerprint density at radius 2 is 1.69 bits per heavy atom. The molecule has 0 saturated heterocycles. The Bertz CT molecular complexity index is 1180. The molecule has 3 aromatic carbocycles. The third kappa shape index (κ3) is 3.89. The van der Waals surface area contributed by atoms with Crippen molar-refractivity contribution in [2.45, 2.75) is 13.8 Å². The van der Waals surface area contributed by atoms with Crippen LogP contribution in [0.3, 0.4) is 0 Å². The van der Waals surface area contributed by atoms with Crippen LogP contribution in [0.4, 0.5) is 5.69 Å². The van der Waals surface area contributed by atoms with Gasteiger partial charge < -0.3 is 14.8 Å². The van der Waals surface area contributed by atoms with Gasteiger partial charge in [-0.25, -0.2) is 4.98 Å². The first-order valence-corrected chi connectivity index (χ1v) is 9.24. The quantitative estimate of drug-likeness (QED) is 0.450. The molecule has 0 aliphatic rings. The van der Waals surface area contributed by atoms with Crippen molar-refractivity contribution in [3.05, 3.63) is 89.6 Å². The second kappa shape index (κ2) is 7.64. The maximum Gasteiger partial charge on any atom is 0.256 e. The Balaban J connectivity index is 1.65. The van der Waals surface area contributed by atoms with E-state index in [0.717, 1.165) is 16.7 Å². The summed E-state index contributed by atoms with van der Waals surface area (Å²) in [6.45, 7) is 3.89. The van der Waals surface area contributed by atoms with Gasteiger partial charge in [0.25, 0.3) is 5.91 Å². The fourth-order valence-electron chi connectivity index (χ4n) is 3.05. The number of nitrogens with zero attached hydrogens (tertiary/aromatic N) is 1. The van der Waals surface area contributed by atoms with E-state index in [1.807, 2.05) is 50.2 Å². The van der Waals surface area contributed by atoms with Crippen LogP contribution in [0.2, 0.25) is 0 Å². The molecule has 0 spiro atoms. The Morgan fingerprint density at radius 3 is 2.45 bits per heavy atom. The molecule has 0 fully saturated rings. The highest BCUT2D eigenvalue weighted by molar-refractivity contribution is 6.08. The van der Waals surface area contributed by atoms with E-state index >= 15 is 0 Å². The zero-order valence-electron chi connectivity index (χ0n) is 16.1. The van der Waals surface area contributed by atoms with Crippen LogP contribution in [0.1, 0.15) is 21.5 Å². The van der Waals surface area contributed by atoms with Gasteiger partial charge in [0.05, 0.1) is 17.4 Å². The summed E-state index contributed by atoms with van der Waals surface area (Å²) in [6.07, 6.45) is 1.65. The van der Waals surface area contributed by atoms with Gasteiger partial charge in [-0.3, -0.25) is 4.79 Å². The minimum Gasteiger partial charge on any atom is -0.506 e. The van der Waals surface area contributed by atoms with E-state index in [4.69, 9.17) is 4.42 Å². The molecular formula is C24H20N2O3. The lowest BCUT2D eigenvalue weighted by Gasteiger charge is -2.10. The van der Waals surface area contributed by atoms with E-state index in [1.54, 1.807) is 36.5 Å². The Hall–Kier alpha value is -3.86. The average Bonchev–Trinajstić information content (AvgIpc) is 3.20. The third-order valence-electron chi connectivity index (χ3n) is 4.65. The standard InChI is InChI=1S/C24H20N2O3/c1-15-7-10-17(11-8-15)22-14-25-24(29-22)19-6-4-3-5-18(19)23(28)26-20-12-9-16(2)13-21(20)27/h3-14,27H,1-2H3,(H,26,28). The molecule has 1 aromatic heterocycles. The molecule has 5 nitrogen and oxygen atoms in total. The highest BCUT2D eigenvalue weighted by atomic mass is 16.4. The highest BCUT2D eigenvalue weighted by Crippen LogP contribution is 2.30. The zero-order valence-corrected chi connectivity index (χ0v) is 16.1. The maximum absolute atomic E-state index is 12.9. The summed E-state index contributed by atoms with van der Waals surface area (Å²) in [5.41, 5.74) is 4.32. The molecule has 1 heterocycles. The van der Waals surface area contributed by atoms with E-state index in [0.29, 0.717) is 28.5 Å². The third-order valence-corrected chi connectivity index (χ3v) is 4.65. The van der Waals surface area contributed by atoms with Crippen molar-refractivity contribution in [3.63, 3.8) is 0 Å². The van der Waals surface area contributed by atoms with Crippen LogP contribution in [0.5, 0.6) is 5.75 Å². The molecular weight excluding hydrogens is 364 g/mol. The molecule has 0 aliphatic carbocycles. The number of aryl methyl sites for hydroxylation is 2. The molecule has 2 N–H and O–H groups in total. The predicted molar refractivity (Wildman–Crippen MR) is 113 cm³/mol. The van der Waals surface area contributed by atoms with Gasteiger partial charge >= 0.3 is 0 Å². The summed E-state index contributed by atoms with van der Waals surface area (Å²) in [4.78, 5) is 17.2. The molecule has 5 heteroatoms. The van der Waals surface area contributed by atoms with Crippen LogP contribution < -0.4 is 5.32 Å². The molecule has 4 rings (SSSR count). The minimum atomic E-state index is -0.352. The van der Waals surface area contributed by atoms with Crippen molar-refractivity contribution in [3.8, 4) is 28.5 Å². The van der Waals surface area contributed by atoms with Crippen molar-refractivity contribution in [1.29, 1.82) is 0 Å². The molecule has 0 radical (unpaired) electrons. The smallest absolute Gasteiger partial charge is 0.256 e. The lowest BCUT2D eigenvalue weighted by Crippen LogP contribution is -2.13. The number of hydrogen-bond acceptors (Lipinski definition) is 4. The molecule has 144 valence electrons. The number of oxazole rings is 1. The van der Waals surface area contributed by atoms with Crippen LogP contribution in [0, 0.1) is 13.8 Å². The summed E-state index contributed by atoms with van der Waals surface area (Å²) in [6, 6.07) is 20.1. The average molecular weight is 384 g/mol. The molecule has 0 atom stereocenters. The molecule has 0 bridgehead atoms. The summed E-state index contributed by atoms with van der Waals surface area (Å²) in [5, 5.41) is 12.8. The van der Waals surface area contributed by atoms with E-state index in [-0.39, 0.29) is 11.7 Å². The number of benzene rings is 3. The van der Waals surface area contributed by atoms with Gasteiger partial charge in [0.2, 0.25) is 5.89 Å². The van der Waals surface area contributed by atoms with E-state index in [9.17, 15) is 9.90 Å². The number of rotatable bonds is 4. The van der Waals surface area contributed by atoms with Gasteiger partial charge in [0.1, 0.15) is 5.75 Å². The second-order valence-electron chi connectivity index (χ2n) is 6.92. The number of hydrogen-bond donors (Lipinski definition) is 2. The van der Waals surface area contributed by atoms with Gasteiger partial charge in [-0.1, -0.05) is 48.0 Å². The van der Waals surface area contributed by atoms with Crippen molar-refractivity contribution in [1.82, 2.24) is 4.98 Å². The zero-order chi connectivity index (χ0) is 20.4. The number of aromatic nitrogens is 1. The first-order valence-electron chi connectivity index (χ1n) is 9.24. The molecule has 4 aromatic rings. The van der Waals surface area contributed by atoms with Crippen LogP contribution in [0.25, 0.3) is 22.8 Å². The molecule has 1 amide bonds. The van der Waals surface area contributed by atoms with Gasteiger partial charge in [0.15, 0.2) is 5.76 Å². The SMILES string of the molecule is Cc1ccc(-c2cnc(-c3ccccc3C(=O)Nc3ccc(C)cc3O)o2)cc1. The van der Waals surface area contributed by atoms with Crippen LogP contribution in [-0.2, 0) is 0 Å². The van der Waals surface area contributed by atoms with Gasteiger partial charge in [-0.05, 0) is 43.7 Å². The fourth-order valence-corrected chi connectivity index (χ4v) is 3.05. The topological polar surface area (TPSA) is 75.4 Å². The van der Waals surface area contributed by atoms with E-state index in [1.165, 1.54) is 0 Å². The van der Waals surface area contributed by atoms with Crippen LogP contribution in [0.15, 0.2) is 77.3 Å². The highest BCUT2D eigenvalue weighted by Gasteiger charge is 2.18. The Labute approximate surface area is 168 Å². The van der Waals surface area contributed by atoms with Gasteiger partial charge in [0, 0.05) is 11.1 Å². The minimum absolute atomic E-state index is 0.0219. The fraction of sp³-hybridized carbons (Fsp3) is 0.0833. The van der Waals surface area contributed by atoms with Crippen LogP contribution >= 0.6 is 0 Å². The van der Waals surface area contributed by atoms with E-state index in [2.05, 4.69) is 10.3 Å². The summed E-state index contributed by atoms with van der Waals surface area (Å²) in [7, 11) is 0. The summed E-state index contributed by atoms with van der Waals surface area (Å²) in [5.74, 6) is 0.661. The molecule has 0 aliphatic heterocycles. The van der Waals surface area contributed by atoms with Crippen LogP contribution in [-0.4, -0.2) is 16.0 Å². The monoisotopic (exact) mass is 384 g/mol. The second-order valence-corrected chi connectivity index (χ2v) is 6.92. The molecule has 0 unspecified atom stereocenters. The maximum atomic E-state index is 12.9. The number of nitrogens with one attached hydrogen (secondary N) is 1. The van der Waals surface area contributed by atoms with E-state index < -0.39 is 0 Å². The predicted octanol–water partition coefficient (Wildman–Crippen LogP) is 5.58. The van der Waals surface area contributed by atoms with Crippen molar-refractivity contribution < 1.29 is 14.3 Å². The Kier molecular flexibility index (Phi) is 4.87. The first kappa shape index (κ1) is 18.5. The lowest BCUT2D eigenvalue weighted by molar-refractivity contribution is 0.102. The number of carbonyl (C=O) groups excluding carboxylic acids is 1.